The highest BCUT2D eigenvalue weighted by atomic mass is 16.4. The monoisotopic (exact) mass is 276 g/mol. The number of carbonyl (C=O) groups is 2. The standard InChI is InChI=1S/C15H20N2O3/c1-10-8-12-6-4-5-7-13(12)17(10)15(20)11(2)16(3)9-14(18)19/h4-7,10-11H,8-9H2,1-3H3,(H,18,19). The molecule has 0 aromatic heterocycles. The van der Waals surface area contributed by atoms with Gasteiger partial charge < -0.3 is 10.0 Å². The molecular formula is C15H20N2O3. The molecule has 20 heavy (non-hydrogen) atoms. The van der Waals surface area contributed by atoms with Crippen LogP contribution in [0.25, 0.3) is 0 Å². The third-order valence-corrected chi connectivity index (χ3v) is 3.85. The Balaban J connectivity index is 2.19. The summed E-state index contributed by atoms with van der Waals surface area (Å²) in [6, 6.07) is 7.52. The van der Waals surface area contributed by atoms with Crippen molar-refractivity contribution in [3.8, 4) is 0 Å². The van der Waals surface area contributed by atoms with E-state index >= 15 is 0 Å². The third kappa shape index (κ3) is 2.67. The Morgan fingerprint density at radius 2 is 2.10 bits per heavy atom. The van der Waals surface area contributed by atoms with Gasteiger partial charge in [0.2, 0.25) is 5.91 Å². The van der Waals surface area contributed by atoms with E-state index in [-0.39, 0.29) is 18.5 Å². The minimum atomic E-state index is -0.929. The Labute approximate surface area is 118 Å². The lowest BCUT2D eigenvalue weighted by Gasteiger charge is -2.30. The summed E-state index contributed by atoms with van der Waals surface area (Å²) >= 11 is 0. The van der Waals surface area contributed by atoms with Crippen molar-refractivity contribution in [1.29, 1.82) is 0 Å². The maximum absolute atomic E-state index is 12.6. The van der Waals surface area contributed by atoms with Gasteiger partial charge in [-0.15, -0.1) is 0 Å². The van der Waals surface area contributed by atoms with Gasteiger partial charge in [-0.25, -0.2) is 0 Å². The van der Waals surface area contributed by atoms with Gasteiger partial charge in [-0.3, -0.25) is 14.5 Å². The number of para-hydroxylation sites is 1. The van der Waals surface area contributed by atoms with Crippen LogP contribution >= 0.6 is 0 Å². The van der Waals surface area contributed by atoms with Crippen molar-refractivity contribution in [1.82, 2.24) is 4.90 Å². The number of nitrogens with zero attached hydrogens (tertiary/aromatic N) is 2. The highest BCUT2D eigenvalue weighted by Crippen LogP contribution is 2.32. The van der Waals surface area contributed by atoms with Crippen LogP contribution in [0, 0.1) is 0 Å². The average Bonchev–Trinajstić information content (AvgIpc) is 2.72. The molecule has 1 heterocycles. The van der Waals surface area contributed by atoms with Crippen molar-refractivity contribution in [3.05, 3.63) is 29.8 Å². The molecule has 1 amide bonds. The van der Waals surface area contributed by atoms with Gasteiger partial charge in [-0.1, -0.05) is 18.2 Å². The first-order valence-electron chi connectivity index (χ1n) is 6.74. The van der Waals surface area contributed by atoms with Gasteiger partial charge >= 0.3 is 5.97 Å². The average molecular weight is 276 g/mol. The van der Waals surface area contributed by atoms with E-state index in [9.17, 15) is 9.59 Å². The lowest BCUT2D eigenvalue weighted by molar-refractivity contribution is -0.139. The number of hydrogen-bond acceptors (Lipinski definition) is 3. The summed E-state index contributed by atoms with van der Waals surface area (Å²) < 4.78 is 0. The van der Waals surface area contributed by atoms with Crippen LogP contribution in [0.15, 0.2) is 24.3 Å². The Bertz CT molecular complexity index is 530. The number of hydrogen-bond donors (Lipinski definition) is 1. The van der Waals surface area contributed by atoms with Crippen molar-refractivity contribution in [2.75, 3.05) is 18.5 Å². The molecule has 0 bridgehead atoms. The van der Waals surface area contributed by atoms with Gasteiger partial charge in [0.15, 0.2) is 0 Å². The molecule has 2 atom stereocenters. The van der Waals surface area contributed by atoms with Crippen molar-refractivity contribution < 1.29 is 14.7 Å². The summed E-state index contributed by atoms with van der Waals surface area (Å²) in [6.07, 6.45) is 0.845. The predicted octanol–water partition coefficient (Wildman–Crippen LogP) is 1.37. The maximum Gasteiger partial charge on any atom is 0.317 e. The minimum Gasteiger partial charge on any atom is -0.480 e. The second kappa shape index (κ2) is 5.63. The number of amides is 1. The Hall–Kier alpha value is -1.88. The van der Waals surface area contributed by atoms with Crippen LogP contribution in [-0.4, -0.2) is 47.6 Å². The molecule has 0 spiro atoms. The van der Waals surface area contributed by atoms with E-state index in [0.29, 0.717) is 0 Å². The highest BCUT2D eigenvalue weighted by molar-refractivity contribution is 5.99. The van der Waals surface area contributed by atoms with E-state index in [4.69, 9.17) is 5.11 Å². The van der Waals surface area contributed by atoms with E-state index in [1.54, 1.807) is 23.8 Å². The van der Waals surface area contributed by atoms with Gasteiger partial charge in [0.25, 0.3) is 0 Å². The number of carbonyl (C=O) groups excluding carboxylic acids is 1. The number of aliphatic carboxylic acids is 1. The van der Waals surface area contributed by atoms with Crippen LogP contribution in [0.5, 0.6) is 0 Å². The van der Waals surface area contributed by atoms with Crippen molar-refractivity contribution in [2.45, 2.75) is 32.4 Å². The smallest absolute Gasteiger partial charge is 0.317 e. The summed E-state index contributed by atoms with van der Waals surface area (Å²) in [5, 5.41) is 8.82. The van der Waals surface area contributed by atoms with Crippen LogP contribution < -0.4 is 4.90 Å². The molecule has 1 aliphatic rings. The van der Waals surface area contributed by atoms with Gasteiger partial charge in [-0.2, -0.15) is 0 Å². The Kier molecular flexibility index (Phi) is 4.09. The molecule has 0 aliphatic carbocycles. The summed E-state index contributed by atoms with van der Waals surface area (Å²) in [6.45, 7) is 3.62. The summed E-state index contributed by atoms with van der Waals surface area (Å²) in [7, 11) is 1.66. The number of carboxylic acid groups (broad SMARTS) is 1. The molecule has 108 valence electrons. The van der Waals surface area contributed by atoms with Crippen molar-refractivity contribution in [2.24, 2.45) is 0 Å². The van der Waals surface area contributed by atoms with Crippen LogP contribution in [-0.2, 0) is 16.0 Å². The SMILES string of the molecule is CC(C(=O)N1c2ccccc2CC1C)N(C)CC(=O)O. The first-order valence-corrected chi connectivity index (χ1v) is 6.74. The number of benzene rings is 1. The fourth-order valence-corrected chi connectivity index (χ4v) is 2.64. The molecule has 1 N–H and O–H groups in total. The van der Waals surface area contributed by atoms with Gasteiger partial charge in [0.1, 0.15) is 0 Å². The van der Waals surface area contributed by atoms with Crippen LogP contribution in [0.3, 0.4) is 0 Å². The Morgan fingerprint density at radius 1 is 1.45 bits per heavy atom. The number of likely N-dealkylation sites (N-methyl/N-ethyl adjacent to an activating group) is 1. The highest BCUT2D eigenvalue weighted by Gasteiger charge is 2.34. The lowest BCUT2D eigenvalue weighted by atomic mass is 10.1. The summed E-state index contributed by atoms with van der Waals surface area (Å²) in [5.41, 5.74) is 2.11. The quantitative estimate of drug-likeness (QED) is 0.902. The van der Waals surface area contributed by atoms with E-state index in [2.05, 4.69) is 0 Å². The fraction of sp³-hybridized carbons (Fsp3) is 0.467. The first kappa shape index (κ1) is 14.5. The molecule has 2 unspecified atom stereocenters. The largest absolute Gasteiger partial charge is 0.480 e. The van der Waals surface area contributed by atoms with Crippen molar-refractivity contribution >= 4 is 17.6 Å². The minimum absolute atomic E-state index is 0.0498. The number of fused-ring (bicyclic) bond motifs is 1. The Morgan fingerprint density at radius 3 is 2.75 bits per heavy atom. The lowest BCUT2D eigenvalue weighted by Crippen LogP contribution is -2.49. The number of rotatable bonds is 4. The topological polar surface area (TPSA) is 60.9 Å². The summed E-state index contributed by atoms with van der Waals surface area (Å²) in [5.74, 6) is -0.978. The fourth-order valence-electron chi connectivity index (χ4n) is 2.64. The summed E-state index contributed by atoms with van der Waals surface area (Å²) in [4.78, 5) is 26.7. The molecule has 2 rings (SSSR count). The van der Waals surface area contributed by atoms with E-state index in [0.717, 1.165) is 12.1 Å². The molecule has 5 nitrogen and oxygen atoms in total. The molecule has 0 saturated heterocycles. The van der Waals surface area contributed by atoms with Gasteiger partial charge in [-0.05, 0) is 38.9 Å². The maximum atomic E-state index is 12.6. The molecule has 0 radical (unpaired) electrons. The van der Waals surface area contributed by atoms with Crippen LogP contribution in [0.1, 0.15) is 19.4 Å². The number of anilines is 1. The predicted molar refractivity (Wildman–Crippen MR) is 76.8 cm³/mol. The van der Waals surface area contributed by atoms with E-state index in [1.807, 2.05) is 31.2 Å². The van der Waals surface area contributed by atoms with E-state index in [1.165, 1.54) is 5.56 Å². The molecular weight excluding hydrogens is 256 g/mol. The molecule has 0 saturated carbocycles. The van der Waals surface area contributed by atoms with Crippen LogP contribution in [0.4, 0.5) is 5.69 Å². The third-order valence-electron chi connectivity index (χ3n) is 3.85. The zero-order valence-electron chi connectivity index (χ0n) is 12.0. The molecule has 1 aliphatic heterocycles. The van der Waals surface area contributed by atoms with Crippen molar-refractivity contribution in [3.63, 3.8) is 0 Å². The molecule has 0 fully saturated rings. The molecule has 5 heteroatoms. The van der Waals surface area contributed by atoms with E-state index < -0.39 is 12.0 Å². The second-order valence-electron chi connectivity index (χ2n) is 5.37. The first-order chi connectivity index (χ1) is 9.41. The number of carboxylic acids is 1. The zero-order chi connectivity index (χ0) is 14.9. The molecule has 1 aromatic carbocycles. The van der Waals surface area contributed by atoms with Gasteiger partial charge in [0, 0.05) is 11.7 Å². The normalized spacial score (nSPS) is 19.0. The second-order valence-corrected chi connectivity index (χ2v) is 5.37. The molecule has 1 aromatic rings. The zero-order valence-corrected chi connectivity index (χ0v) is 12.0. The van der Waals surface area contributed by atoms with Gasteiger partial charge in [0.05, 0.1) is 12.6 Å². The van der Waals surface area contributed by atoms with Crippen LogP contribution in [0.2, 0.25) is 0 Å².